The van der Waals surface area contributed by atoms with Gasteiger partial charge in [0.15, 0.2) is 0 Å². The topological polar surface area (TPSA) is 45.6 Å². The third-order valence-corrected chi connectivity index (χ3v) is 3.69. The summed E-state index contributed by atoms with van der Waals surface area (Å²) in [6.45, 7) is 4.94. The number of piperidine rings is 1. The van der Waals surface area contributed by atoms with Crippen LogP contribution in [0.5, 0.6) is 0 Å². The summed E-state index contributed by atoms with van der Waals surface area (Å²) < 4.78 is 5.42. The van der Waals surface area contributed by atoms with Crippen molar-refractivity contribution in [1.82, 2.24) is 4.98 Å². The van der Waals surface area contributed by atoms with Crippen LogP contribution in [0.4, 0.5) is 5.69 Å². The quantitative estimate of drug-likeness (QED) is 0.892. The number of hydrogen-bond donors (Lipinski definition) is 1. The van der Waals surface area contributed by atoms with E-state index in [-0.39, 0.29) is 0 Å². The molecule has 0 aliphatic carbocycles. The van der Waals surface area contributed by atoms with Gasteiger partial charge in [-0.25, -0.2) is 0 Å². The average molecular weight is 250 g/mol. The smallest absolute Gasteiger partial charge is 0.0931 e. The molecule has 0 radical (unpaired) electrons. The van der Waals surface area contributed by atoms with E-state index in [9.17, 15) is 5.11 Å². The number of methoxy groups -OCH3 is 1. The van der Waals surface area contributed by atoms with E-state index in [0.29, 0.717) is 12.1 Å². The molecule has 3 unspecified atom stereocenters. The number of aromatic nitrogens is 1. The predicted octanol–water partition coefficient (Wildman–Crippen LogP) is 2.14. The van der Waals surface area contributed by atoms with Gasteiger partial charge in [-0.05, 0) is 38.8 Å². The molecule has 0 amide bonds. The summed E-state index contributed by atoms with van der Waals surface area (Å²) >= 11 is 0. The number of hydrogen-bond acceptors (Lipinski definition) is 4. The minimum atomic E-state index is -0.504. The van der Waals surface area contributed by atoms with Gasteiger partial charge >= 0.3 is 0 Å². The van der Waals surface area contributed by atoms with Crippen molar-refractivity contribution in [2.24, 2.45) is 0 Å². The predicted molar refractivity (Wildman–Crippen MR) is 71.7 cm³/mol. The van der Waals surface area contributed by atoms with Crippen LogP contribution in [0.3, 0.4) is 0 Å². The lowest BCUT2D eigenvalue weighted by Crippen LogP contribution is -2.43. The van der Waals surface area contributed by atoms with Crippen LogP contribution in [0, 0.1) is 0 Å². The number of nitrogens with zero attached hydrogens (tertiary/aromatic N) is 2. The van der Waals surface area contributed by atoms with Gasteiger partial charge in [-0.2, -0.15) is 0 Å². The molecule has 1 saturated heterocycles. The molecule has 4 nitrogen and oxygen atoms in total. The second-order valence-corrected chi connectivity index (χ2v) is 5.04. The maximum atomic E-state index is 9.45. The fourth-order valence-electron chi connectivity index (χ4n) is 2.54. The van der Waals surface area contributed by atoms with E-state index in [4.69, 9.17) is 4.74 Å². The first kappa shape index (κ1) is 13.3. The van der Waals surface area contributed by atoms with Gasteiger partial charge in [0.2, 0.25) is 0 Å². The van der Waals surface area contributed by atoms with Crippen LogP contribution in [-0.2, 0) is 4.74 Å². The Morgan fingerprint density at radius 2 is 2.28 bits per heavy atom. The van der Waals surface area contributed by atoms with Crippen molar-refractivity contribution in [2.75, 3.05) is 18.6 Å². The number of aliphatic hydroxyl groups is 1. The zero-order valence-corrected chi connectivity index (χ0v) is 11.3. The minimum absolute atomic E-state index is 0.376. The van der Waals surface area contributed by atoms with E-state index >= 15 is 0 Å². The van der Waals surface area contributed by atoms with E-state index in [1.165, 1.54) is 0 Å². The highest BCUT2D eigenvalue weighted by Crippen LogP contribution is 2.26. The number of ether oxygens (including phenoxy) is 1. The third kappa shape index (κ3) is 2.82. The summed E-state index contributed by atoms with van der Waals surface area (Å²) in [5.74, 6) is 0. The fraction of sp³-hybridized carbons (Fsp3) is 0.643. The summed E-state index contributed by atoms with van der Waals surface area (Å²) in [6.07, 6.45) is 3.83. The van der Waals surface area contributed by atoms with Crippen LogP contribution in [0.25, 0.3) is 0 Å². The molecule has 4 heteroatoms. The largest absolute Gasteiger partial charge is 0.387 e. The van der Waals surface area contributed by atoms with Gasteiger partial charge in [-0.1, -0.05) is 0 Å². The zero-order chi connectivity index (χ0) is 13.1. The van der Waals surface area contributed by atoms with E-state index in [1.807, 2.05) is 18.3 Å². The molecular weight excluding hydrogens is 228 g/mol. The third-order valence-electron chi connectivity index (χ3n) is 3.69. The minimum Gasteiger partial charge on any atom is -0.387 e. The second-order valence-electron chi connectivity index (χ2n) is 5.04. The van der Waals surface area contributed by atoms with Gasteiger partial charge in [0.1, 0.15) is 0 Å². The molecule has 2 heterocycles. The molecule has 3 atom stereocenters. The van der Waals surface area contributed by atoms with Gasteiger partial charge in [-0.3, -0.25) is 4.98 Å². The van der Waals surface area contributed by atoms with Crippen molar-refractivity contribution < 1.29 is 9.84 Å². The van der Waals surface area contributed by atoms with E-state index in [1.54, 1.807) is 14.0 Å². The first-order valence-corrected chi connectivity index (χ1v) is 6.55. The lowest BCUT2D eigenvalue weighted by molar-refractivity contribution is 0.0721. The average Bonchev–Trinajstić information content (AvgIpc) is 2.38. The lowest BCUT2D eigenvalue weighted by atomic mass is 10.00. The van der Waals surface area contributed by atoms with Crippen LogP contribution in [0.15, 0.2) is 18.3 Å². The van der Waals surface area contributed by atoms with Crippen LogP contribution in [0.2, 0.25) is 0 Å². The Bertz CT molecular complexity index is 378. The summed E-state index contributed by atoms with van der Waals surface area (Å²) in [6, 6.07) is 4.40. The molecule has 0 aromatic carbocycles. The van der Waals surface area contributed by atoms with Gasteiger partial charge in [-0.15, -0.1) is 0 Å². The monoisotopic (exact) mass is 250 g/mol. The van der Waals surface area contributed by atoms with Crippen LogP contribution < -0.4 is 4.90 Å². The number of pyridine rings is 1. The van der Waals surface area contributed by atoms with Crippen molar-refractivity contribution in [3.63, 3.8) is 0 Å². The van der Waals surface area contributed by atoms with Crippen molar-refractivity contribution in [2.45, 2.75) is 44.9 Å². The lowest BCUT2D eigenvalue weighted by Gasteiger charge is -2.38. The van der Waals surface area contributed by atoms with Gasteiger partial charge in [0.25, 0.3) is 0 Å². The Balaban J connectivity index is 2.07. The molecule has 1 aliphatic heterocycles. The number of rotatable bonds is 3. The molecular formula is C14H22N2O2. The van der Waals surface area contributed by atoms with Gasteiger partial charge in [0, 0.05) is 19.7 Å². The van der Waals surface area contributed by atoms with Gasteiger partial charge in [0.05, 0.1) is 29.8 Å². The second kappa shape index (κ2) is 5.67. The Morgan fingerprint density at radius 1 is 1.50 bits per heavy atom. The molecule has 18 heavy (non-hydrogen) atoms. The molecule has 1 N–H and O–H groups in total. The zero-order valence-electron chi connectivity index (χ0n) is 11.3. The summed E-state index contributed by atoms with van der Waals surface area (Å²) in [7, 11) is 1.78. The molecule has 1 aliphatic rings. The Morgan fingerprint density at radius 3 is 2.78 bits per heavy atom. The molecule has 1 aromatic rings. The fourth-order valence-corrected chi connectivity index (χ4v) is 2.54. The first-order valence-electron chi connectivity index (χ1n) is 6.55. The van der Waals surface area contributed by atoms with Crippen molar-refractivity contribution in [1.29, 1.82) is 0 Å². The Labute approximate surface area is 109 Å². The number of aliphatic hydroxyl groups excluding tert-OH is 1. The van der Waals surface area contributed by atoms with E-state index in [0.717, 1.165) is 30.8 Å². The SMILES string of the molecule is COC1CCN(c2ccc(C(C)O)nc2)C(C)C1. The first-order chi connectivity index (χ1) is 8.61. The molecule has 100 valence electrons. The summed E-state index contributed by atoms with van der Waals surface area (Å²) in [5, 5.41) is 9.45. The van der Waals surface area contributed by atoms with Gasteiger partial charge < -0.3 is 14.7 Å². The maximum absolute atomic E-state index is 9.45. The van der Waals surface area contributed by atoms with E-state index in [2.05, 4.69) is 16.8 Å². The van der Waals surface area contributed by atoms with Crippen LogP contribution in [0.1, 0.15) is 38.5 Å². The van der Waals surface area contributed by atoms with Crippen molar-refractivity contribution in [3.05, 3.63) is 24.0 Å². The highest BCUT2D eigenvalue weighted by molar-refractivity contribution is 5.46. The Kier molecular flexibility index (Phi) is 4.19. The molecule has 1 aromatic heterocycles. The van der Waals surface area contributed by atoms with Crippen molar-refractivity contribution >= 4 is 5.69 Å². The van der Waals surface area contributed by atoms with E-state index < -0.39 is 6.10 Å². The highest BCUT2D eigenvalue weighted by atomic mass is 16.5. The summed E-state index contributed by atoms with van der Waals surface area (Å²) in [4.78, 5) is 6.66. The maximum Gasteiger partial charge on any atom is 0.0931 e. The molecule has 0 bridgehead atoms. The molecule has 0 saturated carbocycles. The van der Waals surface area contributed by atoms with Crippen LogP contribution >= 0.6 is 0 Å². The molecule has 2 rings (SSSR count). The standard InChI is InChI=1S/C14H22N2O2/c1-10-8-13(18-3)6-7-16(10)12-4-5-14(11(2)17)15-9-12/h4-5,9-11,13,17H,6-8H2,1-3H3. The highest BCUT2D eigenvalue weighted by Gasteiger charge is 2.25. The Hall–Kier alpha value is -1.13. The number of anilines is 1. The summed E-state index contributed by atoms with van der Waals surface area (Å²) in [5.41, 5.74) is 1.85. The molecule has 0 spiro atoms. The molecule has 1 fully saturated rings. The normalized spacial score (nSPS) is 26.1. The van der Waals surface area contributed by atoms with Crippen molar-refractivity contribution in [3.8, 4) is 0 Å². The van der Waals surface area contributed by atoms with Crippen LogP contribution in [-0.4, -0.2) is 35.9 Å².